The molecule has 0 saturated heterocycles. The second-order valence-electron chi connectivity index (χ2n) is 5.31. The molecule has 0 spiro atoms. The monoisotopic (exact) mass is 369 g/mol. The van der Waals surface area contributed by atoms with Crippen molar-refractivity contribution in [2.75, 3.05) is 18.2 Å². The number of hydrogen-bond acceptors (Lipinski definition) is 8. The maximum absolute atomic E-state index is 13.6. The first-order valence-electron chi connectivity index (χ1n) is 7.89. The first-order valence-corrected chi connectivity index (χ1v) is 7.89. The van der Waals surface area contributed by atoms with Crippen LogP contribution in [0.3, 0.4) is 0 Å². The molecule has 0 amide bonds. The van der Waals surface area contributed by atoms with Crippen molar-refractivity contribution in [1.82, 2.24) is 15.0 Å². The van der Waals surface area contributed by atoms with Gasteiger partial charge in [0.25, 0.3) is 0 Å². The van der Waals surface area contributed by atoms with Crippen molar-refractivity contribution < 1.29 is 18.7 Å². The van der Waals surface area contributed by atoms with Crippen molar-refractivity contribution in [2.24, 2.45) is 0 Å². The van der Waals surface area contributed by atoms with Crippen molar-refractivity contribution in [3.63, 3.8) is 0 Å². The molecule has 1 heterocycles. The summed E-state index contributed by atoms with van der Waals surface area (Å²) in [6.07, 6.45) is 0. The molecule has 27 heavy (non-hydrogen) atoms. The number of anilines is 3. The van der Waals surface area contributed by atoms with Gasteiger partial charge in [0, 0.05) is 0 Å². The third-order valence-electron chi connectivity index (χ3n) is 3.48. The SMILES string of the molecule is COc1ccccc1Nc1nc(N)nc(COC(=O)c2ccccc2F)n1. The molecular formula is C18H16FN5O3. The maximum Gasteiger partial charge on any atom is 0.341 e. The number of carbonyl (C=O) groups excluding carboxylic acids is 1. The highest BCUT2D eigenvalue weighted by Crippen LogP contribution is 2.25. The number of esters is 1. The van der Waals surface area contributed by atoms with Crippen molar-refractivity contribution in [1.29, 1.82) is 0 Å². The summed E-state index contributed by atoms with van der Waals surface area (Å²) in [4.78, 5) is 24.1. The first kappa shape index (κ1) is 18.1. The molecular weight excluding hydrogens is 353 g/mol. The predicted octanol–water partition coefficient (Wildman–Crippen LogP) is 2.70. The summed E-state index contributed by atoms with van der Waals surface area (Å²) in [7, 11) is 1.54. The highest BCUT2D eigenvalue weighted by molar-refractivity contribution is 5.89. The molecule has 0 aliphatic carbocycles. The van der Waals surface area contributed by atoms with Gasteiger partial charge in [-0.1, -0.05) is 24.3 Å². The Hall–Kier alpha value is -3.75. The van der Waals surface area contributed by atoms with E-state index in [9.17, 15) is 9.18 Å². The fraction of sp³-hybridized carbons (Fsp3) is 0.111. The summed E-state index contributed by atoms with van der Waals surface area (Å²) in [5, 5.41) is 2.97. The van der Waals surface area contributed by atoms with Crippen LogP contribution in [0.5, 0.6) is 5.75 Å². The fourth-order valence-corrected chi connectivity index (χ4v) is 2.26. The number of nitrogens with zero attached hydrogens (tertiary/aromatic N) is 3. The molecule has 9 heteroatoms. The summed E-state index contributed by atoms with van der Waals surface area (Å²) in [6, 6.07) is 12.7. The Bertz CT molecular complexity index is 967. The van der Waals surface area contributed by atoms with Crippen LogP contribution in [0.2, 0.25) is 0 Å². The Labute approximate surface area is 154 Å². The lowest BCUT2D eigenvalue weighted by atomic mass is 10.2. The zero-order valence-corrected chi connectivity index (χ0v) is 14.3. The van der Waals surface area contributed by atoms with Crippen LogP contribution in [0.25, 0.3) is 0 Å². The maximum atomic E-state index is 13.6. The minimum Gasteiger partial charge on any atom is -0.495 e. The number of aromatic nitrogens is 3. The number of nitrogen functional groups attached to an aromatic ring is 1. The molecule has 0 atom stereocenters. The predicted molar refractivity (Wildman–Crippen MR) is 96.0 cm³/mol. The number of para-hydroxylation sites is 2. The van der Waals surface area contributed by atoms with Crippen LogP contribution in [-0.4, -0.2) is 28.0 Å². The van der Waals surface area contributed by atoms with Crippen molar-refractivity contribution in [2.45, 2.75) is 6.61 Å². The third kappa shape index (κ3) is 4.46. The van der Waals surface area contributed by atoms with Gasteiger partial charge >= 0.3 is 5.97 Å². The number of hydrogen-bond donors (Lipinski definition) is 2. The standard InChI is InChI=1S/C18H16FN5O3/c1-26-14-9-5-4-8-13(14)21-18-23-15(22-17(20)24-18)10-27-16(25)11-6-2-3-7-12(11)19/h2-9H,10H2,1H3,(H3,20,21,22,23,24). The van der Waals surface area contributed by atoms with Gasteiger partial charge in [-0.15, -0.1) is 0 Å². The first-order chi connectivity index (χ1) is 13.1. The molecule has 138 valence electrons. The molecule has 3 aromatic rings. The second kappa shape index (κ2) is 8.09. The van der Waals surface area contributed by atoms with Crippen LogP contribution in [0.15, 0.2) is 48.5 Å². The molecule has 0 aliphatic heterocycles. The van der Waals surface area contributed by atoms with Gasteiger partial charge < -0.3 is 20.5 Å². The van der Waals surface area contributed by atoms with Crippen LogP contribution >= 0.6 is 0 Å². The van der Waals surface area contributed by atoms with E-state index in [0.29, 0.717) is 11.4 Å². The summed E-state index contributed by atoms with van der Waals surface area (Å²) < 4.78 is 23.9. The Balaban J connectivity index is 1.74. The zero-order chi connectivity index (χ0) is 19.2. The summed E-state index contributed by atoms with van der Waals surface area (Å²) in [6.45, 7) is -0.291. The Kier molecular flexibility index (Phi) is 5.41. The molecule has 1 aromatic heterocycles. The Morgan fingerprint density at radius 2 is 1.85 bits per heavy atom. The topological polar surface area (TPSA) is 112 Å². The minimum atomic E-state index is -0.827. The van der Waals surface area contributed by atoms with Crippen molar-refractivity contribution in [3.05, 3.63) is 65.7 Å². The van der Waals surface area contributed by atoms with E-state index in [1.807, 2.05) is 12.1 Å². The largest absolute Gasteiger partial charge is 0.495 e. The lowest BCUT2D eigenvalue weighted by Crippen LogP contribution is -2.12. The number of carbonyl (C=O) groups is 1. The van der Waals surface area contributed by atoms with Crippen LogP contribution in [0.1, 0.15) is 16.2 Å². The average molecular weight is 369 g/mol. The molecule has 0 saturated carbocycles. The molecule has 3 rings (SSSR count). The lowest BCUT2D eigenvalue weighted by molar-refractivity contribution is 0.0457. The van der Waals surface area contributed by atoms with Crippen LogP contribution in [0, 0.1) is 5.82 Å². The van der Waals surface area contributed by atoms with Gasteiger partial charge in [0.05, 0.1) is 18.4 Å². The third-order valence-corrected chi connectivity index (χ3v) is 3.48. The number of benzene rings is 2. The molecule has 0 aliphatic rings. The van der Waals surface area contributed by atoms with Gasteiger partial charge in [0.2, 0.25) is 11.9 Å². The average Bonchev–Trinajstić information content (AvgIpc) is 2.66. The van der Waals surface area contributed by atoms with Gasteiger partial charge in [0.1, 0.15) is 11.6 Å². The zero-order valence-electron chi connectivity index (χ0n) is 14.3. The van der Waals surface area contributed by atoms with E-state index in [4.69, 9.17) is 15.2 Å². The normalized spacial score (nSPS) is 10.3. The number of methoxy groups -OCH3 is 1. The van der Waals surface area contributed by atoms with E-state index in [0.717, 1.165) is 0 Å². The summed E-state index contributed by atoms with van der Waals surface area (Å²) >= 11 is 0. The van der Waals surface area contributed by atoms with Gasteiger partial charge in [-0.3, -0.25) is 0 Å². The Morgan fingerprint density at radius 3 is 2.63 bits per heavy atom. The van der Waals surface area contributed by atoms with E-state index in [-0.39, 0.29) is 29.9 Å². The number of nitrogens with one attached hydrogen (secondary N) is 1. The molecule has 0 bridgehead atoms. The molecule has 0 unspecified atom stereocenters. The van der Waals surface area contributed by atoms with Crippen molar-refractivity contribution in [3.8, 4) is 5.75 Å². The fourth-order valence-electron chi connectivity index (χ4n) is 2.26. The summed E-state index contributed by atoms with van der Waals surface area (Å²) in [5.41, 5.74) is 6.14. The number of rotatable bonds is 6. The van der Waals surface area contributed by atoms with Crippen molar-refractivity contribution >= 4 is 23.6 Å². The Morgan fingerprint density at radius 1 is 1.11 bits per heavy atom. The van der Waals surface area contributed by atoms with E-state index < -0.39 is 11.8 Å². The second-order valence-corrected chi connectivity index (χ2v) is 5.31. The molecule has 0 radical (unpaired) electrons. The number of ether oxygens (including phenoxy) is 2. The quantitative estimate of drug-likeness (QED) is 0.638. The number of halogens is 1. The highest BCUT2D eigenvalue weighted by Gasteiger charge is 2.14. The molecule has 0 fully saturated rings. The van der Waals surface area contributed by atoms with Gasteiger partial charge in [-0.25, -0.2) is 9.18 Å². The van der Waals surface area contributed by atoms with Gasteiger partial charge in [0.15, 0.2) is 12.4 Å². The van der Waals surface area contributed by atoms with E-state index in [1.54, 1.807) is 12.1 Å². The lowest BCUT2D eigenvalue weighted by Gasteiger charge is -2.11. The highest BCUT2D eigenvalue weighted by atomic mass is 19.1. The molecule has 3 N–H and O–H groups in total. The number of nitrogens with two attached hydrogens (primary N) is 1. The van der Waals surface area contributed by atoms with Gasteiger partial charge in [-0.05, 0) is 24.3 Å². The van der Waals surface area contributed by atoms with Crippen LogP contribution in [0.4, 0.5) is 22.0 Å². The minimum absolute atomic E-state index is 0.0562. The van der Waals surface area contributed by atoms with E-state index in [1.165, 1.54) is 31.4 Å². The summed E-state index contributed by atoms with van der Waals surface area (Å²) in [5.74, 6) is -0.695. The van der Waals surface area contributed by atoms with E-state index >= 15 is 0 Å². The van der Waals surface area contributed by atoms with E-state index in [2.05, 4.69) is 20.3 Å². The molecule has 8 nitrogen and oxygen atoms in total. The van der Waals surface area contributed by atoms with Crippen LogP contribution < -0.4 is 15.8 Å². The van der Waals surface area contributed by atoms with Crippen LogP contribution in [-0.2, 0) is 11.3 Å². The smallest absolute Gasteiger partial charge is 0.341 e. The van der Waals surface area contributed by atoms with Gasteiger partial charge in [-0.2, -0.15) is 15.0 Å². The molecule has 2 aromatic carbocycles.